The van der Waals surface area contributed by atoms with Crippen molar-refractivity contribution >= 4 is 39.8 Å². The molecule has 1 aromatic carbocycles. The monoisotopic (exact) mass is 385 g/mol. The van der Waals surface area contributed by atoms with Gasteiger partial charge in [-0.1, -0.05) is 31.5 Å². The van der Waals surface area contributed by atoms with Gasteiger partial charge in [0.1, 0.15) is 0 Å². The number of nitrogens with one attached hydrogen (secondary N) is 1. The normalized spacial score (nSPS) is 12.1. The van der Waals surface area contributed by atoms with Gasteiger partial charge in [0, 0.05) is 8.45 Å². The summed E-state index contributed by atoms with van der Waals surface area (Å²) in [6, 6.07) is 11.9. The summed E-state index contributed by atoms with van der Waals surface area (Å²) in [6.45, 7) is 2.14. The number of thiophene rings is 1. The molecule has 0 aliphatic heterocycles. The van der Waals surface area contributed by atoms with Crippen LogP contribution in [0.15, 0.2) is 41.8 Å². The van der Waals surface area contributed by atoms with Gasteiger partial charge < -0.3 is 5.32 Å². The molecule has 100 valence electrons. The molecule has 2 nitrogen and oxygen atoms in total. The van der Waals surface area contributed by atoms with Crippen molar-refractivity contribution in [1.29, 1.82) is 0 Å². The molecule has 0 radical (unpaired) electrons. The number of carbonyl (C=O) groups excluding carboxylic acids is 1. The van der Waals surface area contributed by atoms with Crippen LogP contribution in [-0.4, -0.2) is 5.91 Å². The van der Waals surface area contributed by atoms with Crippen LogP contribution in [0.25, 0.3) is 0 Å². The zero-order valence-corrected chi connectivity index (χ0v) is 13.7. The second-order valence-corrected chi connectivity index (χ2v) is 6.45. The summed E-state index contributed by atoms with van der Waals surface area (Å²) in [5.74, 6) is 0.0110. The fourth-order valence-electron chi connectivity index (χ4n) is 1.95. The van der Waals surface area contributed by atoms with E-state index in [1.54, 1.807) is 11.3 Å². The summed E-state index contributed by atoms with van der Waals surface area (Å²) in [4.78, 5) is 13.6. The lowest BCUT2D eigenvalue weighted by Crippen LogP contribution is -2.28. The number of hydrogen-bond acceptors (Lipinski definition) is 2. The Kier molecular flexibility index (Phi) is 5.39. The Morgan fingerprint density at radius 2 is 2.11 bits per heavy atom. The first-order valence-corrected chi connectivity index (χ1v) is 8.27. The molecule has 2 rings (SSSR count). The Balaban J connectivity index is 2.14. The van der Waals surface area contributed by atoms with Crippen LogP contribution in [0.3, 0.4) is 0 Å². The highest BCUT2D eigenvalue weighted by Crippen LogP contribution is 2.24. The fourth-order valence-corrected chi connectivity index (χ4v) is 3.39. The maximum Gasteiger partial charge on any atom is 0.252 e. The molecule has 4 heteroatoms. The van der Waals surface area contributed by atoms with Crippen molar-refractivity contribution in [2.45, 2.75) is 25.8 Å². The molecule has 2 aromatic rings. The van der Waals surface area contributed by atoms with E-state index in [1.807, 2.05) is 30.3 Å². The van der Waals surface area contributed by atoms with Gasteiger partial charge in [0.05, 0.1) is 11.6 Å². The Bertz CT molecular complexity index is 539. The molecule has 1 amide bonds. The third kappa shape index (κ3) is 3.79. The minimum absolute atomic E-state index is 0.0110. The minimum atomic E-state index is 0.0110. The number of hydrogen-bond donors (Lipinski definition) is 1. The maximum atomic E-state index is 12.3. The molecule has 0 aliphatic rings. The molecule has 0 aliphatic carbocycles. The summed E-state index contributed by atoms with van der Waals surface area (Å²) in [7, 11) is 0. The summed E-state index contributed by atoms with van der Waals surface area (Å²) >= 11 is 3.89. The molecule has 0 fully saturated rings. The minimum Gasteiger partial charge on any atom is -0.344 e. The van der Waals surface area contributed by atoms with E-state index >= 15 is 0 Å². The molecular weight excluding hydrogens is 369 g/mol. The molecule has 1 atom stereocenters. The molecule has 0 spiro atoms. The van der Waals surface area contributed by atoms with Gasteiger partial charge >= 0.3 is 0 Å². The first kappa shape index (κ1) is 14.5. The van der Waals surface area contributed by atoms with Crippen molar-refractivity contribution < 1.29 is 4.79 Å². The second kappa shape index (κ2) is 7.05. The molecule has 1 N–H and O–H groups in total. The third-order valence-electron chi connectivity index (χ3n) is 2.89. The maximum absolute atomic E-state index is 12.3. The molecule has 0 saturated heterocycles. The SMILES string of the molecule is CCCC(NC(=O)c1ccccc1I)c1cccs1. The van der Waals surface area contributed by atoms with Crippen LogP contribution in [0.1, 0.15) is 41.0 Å². The molecule has 1 heterocycles. The lowest BCUT2D eigenvalue weighted by atomic mass is 10.1. The largest absolute Gasteiger partial charge is 0.344 e. The Morgan fingerprint density at radius 3 is 2.74 bits per heavy atom. The van der Waals surface area contributed by atoms with Crippen molar-refractivity contribution in [1.82, 2.24) is 5.32 Å². The van der Waals surface area contributed by atoms with Gasteiger partial charge in [-0.15, -0.1) is 11.3 Å². The molecule has 0 saturated carbocycles. The second-order valence-electron chi connectivity index (χ2n) is 4.31. The summed E-state index contributed by atoms with van der Waals surface area (Å²) in [5.41, 5.74) is 0.751. The van der Waals surface area contributed by atoms with Crippen molar-refractivity contribution in [2.24, 2.45) is 0 Å². The Hall–Kier alpha value is -0.880. The smallest absolute Gasteiger partial charge is 0.252 e. The quantitative estimate of drug-likeness (QED) is 0.748. The van der Waals surface area contributed by atoms with Gasteiger partial charge in [-0.2, -0.15) is 0 Å². The van der Waals surface area contributed by atoms with E-state index in [-0.39, 0.29) is 11.9 Å². The van der Waals surface area contributed by atoms with Gasteiger partial charge in [-0.3, -0.25) is 4.79 Å². The van der Waals surface area contributed by atoms with Crippen molar-refractivity contribution in [2.75, 3.05) is 0 Å². The molecule has 1 aromatic heterocycles. The molecular formula is C15H16INOS. The van der Waals surface area contributed by atoms with Crippen LogP contribution in [0.5, 0.6) is 0 Å². The van der Waals surface area contributed by atoms with E-state index in [9.17, 15) is 4.79 Å². The zero-order valence-electron chi connectivity index (χ0n) is 10.7. The predicted molar refractivity (Wildman–Crippen MR) is 88.6 cm³/mol. The van der Waals surface area contributed by atoms with E-state index in [1.165, 1.54) is 4.88 Å². The van der Waals surface area contributed by atoms with E-state index in [2.05, 4.69) is 46.3 Å². The van der Waals surface area contributed by atoms with Crippen molar-refractivity contribution in [3.63, 3.8) is 0 Å². The topological polar surface area (TPSA) is 29.1 Å². The Labute approximate surface area is 131 Å². The van der Waals surface area contributed by atoms with Gasteiger partial charge in [-0.05, 0) is 52.6 Å². The van der Waals surface area contributed by atoms with Crippen LogP contribution < -0.4 is 5.32 Å². The van der Waals surface area contributed by atoms with Gasteiger partial charge in [0.2, 0.25) is 0 Å². The van der Waals surface area contributed by atoms with Crippen LogP contribution in [0.2, 0.25) is 0 Å². The number of halogens is 1. The summed E-state index contributed by atoms with van der Waals surface area (Å²) < 4.78 is 0.985. The van der Waals surface area contributed by atoms with Gasteiger partial charge in [-0.25, -0.2) is 0 Å². The number of amides is 1. The number of benzene rings is 1. The zero-order chi connectivity index (χ0) is 13.7. The lowest BCUT2D eigenvalue weighted by molar-refractivity contribution is 0.0934. The van der Waals surface area contributed by atoms with Crippen LogP contribution in [0, 0.1) is 3.57 Å². The first-order valence-electron chi connectivity index (χ1n) is 6.31. The van der Waals surface area contributed by atoms with Gasteiger partial charge in [0.15, 0.2) is 0 Å². The first-order chi connectivity index (χ1) is 9.22. The molecule has 1 unspecified atom stereocenters. The van der Waals surface area contributed by atoms with Gasteiger partial charge in [0.25, 0.3) is 5.91 Å². The average molecular weight is 385 g/mol. The summed E-state index contributed by atoms with van der Waals surface area (Å²) in [6.07, 6.45) is 2.02. The average Bonchev–Trinajstić information content (AvgIpc) is 2.92. The van der Waals surface area contributed by atoms with E-state index in [0.29, 0.717) is 0 Å². The highest BCUT2D eigenvalue weighted by Gasteiger charge is 2.17. The highest BCUT2D eigenvalue weighted by molar-refractivity contribution is 14.1. The van der Waals surface area contributed by atoms with E-state index < -0.39 is 0 Å². The van der Waals surface area contributed by atoms with E-state index in [0.717, 1.165) is 22.0 Å². The van der Waals surface area contributed by atoms with Crippen LogP contribution in [0.4, 0.5) is 0 Å². The van der Waals surface area contributed by atoms with Crippen molar-refractivity contribution in [3.05, 3.63) is 55.8 Å². The standard InChI is InChI=1S/C15H16INOS/c1-2-6-13(14-9-5-10-19-14)17-15(18)11-7-3-4-8-12(11)16/h3-5,7-10,13H,2,6H2,1H3,(H,17,18). The number of rotatable bonds is 5. The highest BCUT2D eigenvalue weighted by atomic mass is 127. The predicted octanol–water partition coefficient (Wildman–Crippen LogP) is 4.62. The third-order valence-corrected chi connectivity index (χ3v) is 4.81. The fraction of sp³-hybridized carbons (Fsp3) is 0.267. The van der Waals surface area contributed by atoms with Crippen LogP contribution in [-0.2, 0) is 0 Å². The molecule has 0 bridgehead atoms. The number of carbonyl (C=O) groups is 1. The lowest BCUT2D eigenvalue weighted by Gasteiger charge is -2.17. The molecule has 19 heavy (non-hydrogen) atoms. The van der Waals surface area contributed by atoms with Crippen LogP contribution >= 0.6 is 33.9 Å². The van der Waals surface area contributed by atoms with E-state index in [4.69, 9.17) is 0 Å². The van der Waals surface area contributed by atoms with Crippen molar-refractivity contribution in [3.8, 4) is 0 Å². The summed E-state index contributed by atoms with van der Waals surface area (Å²) in [5, 5.41) is 5.20. The Morgan fingerprint density at radius 1 is 1.32 bits per heavy atom.